The van der Waals surface area contributed by atoms with Crippen molar-refractivity contribution in [3.8, 4) is 0 Å². The van der Waals surface area contributed by atoms with Crippen molar-refractivity contribution in [1.29, 1.82) is 0 Å². The van der Waals surface area contributed by atoms with E-state index in [2.05, 4.69) is 5.32 Å². The summed E-state index contributed by atoms with van der Waals surface area (Å²) in [5.74, 6) is 0.291. The number of nitrogens with one attached hydrogen (secondary N) is 1. The molecule has 2 saturated heterocycles. The maximum Gasteiger partial charge on any atom is 0.325 e. The zero-order valence-electron chi connectivity index (χ0n) is 9.41. The molecule has 86 valence electrons. The molecule has 0 radical (unpaired) electrons. The fraction of sp³-hybridized carbons (Fsp3) is 0.909. The molecule has 0 bridgehead atoms. The normalized spacial score (nSPS) is 40.7. The smallest absolute Gasteiger partial charge is 0.325 e. The van der Waals surface area contributed by atoms with Crippen molar-refractivity contribution in [3.63, 3.8) is 0 Å². The summed E-state index contributed by atoms with van der Waals surface area (Å²) in [6.07, 6.45) is 3.44. The molecule has 1 N–H and O–H groups in total. The van der Waals surface area contributed by atoms with Crippen LogP contribution < -0.4 is 5.32 Å². The van der Waals surface area contributed by atoms with E-state index in [9.17, 15) is 4.79 Å². The summed E-state index contributed by atoms with van der Waals surface area (Å²) in [4.78, 5) is 11.6. The molecule has 2 rings (SSSR count). The average Bonchev–Trinajstić information content (AvgIpc) is 2.85. The van der Waals surface area contributed by atoms with Gasteiger partial charge >= 0.3 is 5.97 Å². The zero-order valence-corrected chi connectivity index (χ0v) is 9.41. The van der Waals surface area contributed by atoms with Gasteiger partial charge in [-0.25, -0.2) is 0 Å². The molecule has 0 spiro atoms. The first kappa shape index (κ1) is 10.9. The zero-order chi connectivity index (χ0) is 10.9. The molecule has 3 atom stereocenters. The SMILES string of the molecule is COC(=O)C1(C)CC(C2CCCO2)CN1. The highest BCUT2D eigenvalue weighted by molar-refractivity contribution is 5.80. The minimum Gasteiger partial charge on any atom is -0.468 e. The Morgan fingerprint density at radius 3 is 3.00 bits per heavy atom. The molecule has 0 aromatic heterocycles. The van der Waals surface area contributed by atoms with Crippen LogP contribution in [0.3, 0.4) is 0 Å². The summed E-state index contributed by atoms with van der Waals surface area (Å²) in [5.41, 5.74) is -0.509. The van der Waals surface area contributed by atoms with Gasteiger partial charge in [-0.3, -0.25) is 4.79 Å². The van der Waals surface area contributed by atoms with Crippen LogP contribution >= 0.6 is 0 Å². The number of rotatable bonds is 2. The summed E-state index contributed by atoms with van der Waals surface area (Å²) in [5, 5.41) is 3.26. The molecule has 4 heteroatoms. The van der Waals surface area contributed by atoms with Gasteiger partial charge in [-0.2, -0.15) is 0 Å². The number of hydrogen-bond donors (Lipinski definition) is 1. The second-order valence-corrected chi connectivity index (χ2v) is 4.72. The number of esters is 1. The lowest BCUT2D eigenvalue weighted by Gasteiger charge is -2.22. The Balaban J connectivity index is 1.96. The molecule has 0 aromatic carbocycles. The van der Waals surface area contributed by atoms with Crippen LogP contribution in [0, 0.1) is 5.92 Å². The van der Waals surface area contributed by atoms with Gasteiger partial charge in [0.1, 0.15) is 5.54 Å². The van der Waals surface area contributed by atoms with Gasteiger partial charge in [0.15, 0.2) is 0 Å². The van der Waals surface area contributed by atoms with E-state index in [0.29, 0.717) is 12.0 Å². The van der Waals surface area contributed by atoms with E-state index < -0.39 is 5.54 Å². The van der Waals surface area contributed by atoms with Crippen LogP contribution in [0.2, 0.25) is 0 Å². The third kappa shape index (κ3) is 2.01. The van der Waals surface area contributed by atoms with Crippen LogP contribution in [0.15, 0.2) is 0 Å². The Hall–Kier alpha value is -0.610. The van der Waals surface area contributed by atoms with E-state index in [0.717, 1.165) is 32.4 Å². The average molecular weight is 213 g/mol. The van der Waals surface area contributed by atoms with Gasteiger partial charge < -0.3 is 14.8 Å². The molecule has 0 aliphatic carbocycles. The third-order valence-electron chi connectivity index (χ3n) is 3.55. The number of methoxy groups -OCH3 is 1. The lowest BCUT2D eigenvalue weighted by molar-refractivity contribution is -0.147. The summed E-state index contributed by atoms with van der Waals surface area (Å²) in [7, 11) is 1.44. The summed E-state index contributed by atoms with van der Waals surface area (Å²) < 4.78 is 10.5. The van der Waals surface area contributed by atoms with Crippen molar-refractivity contribution in [3.05, 3.63) is 0 Å². The molecular formula is C11H19NO3. The maximum absolute atomic E-state index is 11.6. The van der Waals surface area contributed by atoms with E-state index in [1.807, 2.05) is 6.92 Å². The summed E-state index contributed by atoms with van der Waals surface area (Å²) >= 11 is 0. The third-order valence-corrected chi connectivity index (χ3v) is 3.55. The van der Waals surface area contributed by atoms with Crippen LogP contribution in [-0.2, 0) is 14.3 Å². The summed E-state index contributed by atoms with van der Waals surface area (Å²) in [6.45, 7) is 3.64. The molecule has 0 amide bonds. The van der Waals surface area contributed by atoms with E-state index >= 15 is 0 Å². The van der Waals surface area contributed by atoms with Crippen molar-refractivity contribution in [2.24, 2.45) is 5.92 Å². The van der Waals surface area contributed by atoms with Crippen molar-refractivity contribution in [2.45, 2.75) is 37.8 Å². The first-order valence-corrected chi connectivity index (χ1v) is 5.61. The van der Waals surface area contributed by atoms with E-state index in [1.54, 1.807) is 0 Å². The van der Waals surface area contributed by atoms with Gasteiger partial charge in [-0.1, -0.05) is 0 Å². The molecule has 0 aromatic rings. The lowest BCUT2D eigenvalue weighted by Crippen LogP contribution is -2.45. The Bertz CT molecular complexity index is 250. The predicted octanol–water partition coefficient (Wildman–Crippen LogP) is 0.707. The molecule has 2 fully saturated rings. The van der Waals surface area contributed by atoms with E-state index in [-0.39, 0.29) is 5.97 Å². The van der Waals surface area contributed by atoms with Gasteiger partial charge in [-0.15, -0.1) is 0 Å². The fourth-order valence-electron chi connectivity index (χ4n) is 2.64. The Labute approximate surface area is 90.3 Å². The highest BCUT2D eigenvalue weighted by atomic mass is 16.5. The first-order chi connectivity index (χ1) is 7.15. The molecule has 2 aliphatic heterocycles. The molecule has 2 aliphatic rings. The van der Waals surface area contributed by atoms with Gasteiger partial charge in [0, 0.05) is 13.2 Å². The molecule has 4 nitrogen and oxygen atoms in total. The van der Waals surface area contributed by atoms with Crippen molar-refractivity contribution in [2.75, 3.05) is 20.3 Å². The standard InChI is InChI=1S/C11H19NO3/c1-11(10(13)14-2)6-8(7-12-11)9-4-3-5-15-9/h8-9,12H,3-7H2,1-2H3. The van der Waals surface area contributed by atoms with Crippen LogP contribution in [0.4, 0.5) is 0 Å². The van der Waals surface area contributed by atoms with Crippen LogP contribution in [0.5, 0.6) is 0 Å². The Morgan fingerprint density at radius 2 is 2.40 bits per heavy atom. The van der Waals surface area contributed by atoms with Crippen LogP contribution in [0.25, 0.3) is 0 Å². The minimum atomic E-state index is -0.509. The first-order valence-electron chi connectivity index (χ1n) is 5.61. The van der Waals surface area contributed by atoms with Gasteiger partial charge in [0.05, 0.1) is 13.2 Å². The highest BCUT2D eigenvalue weighted by Crippen LogP contribution is 2.32. The molecule has 15 heavy (non-hydrogen) atoms. The van der Waals surface area contributed by atoms with Gasteiger partial charge in [-0.05, 0) is 32.1 Å². The fourth-order valence-corrected chi connectivity index (χ4v) is 2.64. The number of carbonyl (C=O) groups is 1. The maximum atomic E-state index is 11.6. The van der Waals surface area contributed by atoms with Gasteiger partial charge in [0.25, 0.3) is 0 Å². The summed E-state index contributed by atoms with van der Waals surface area (Å²) in [6, 6.07) is 0. The monoisotopic (exact) mass is 213 g/mol. The topological polar surface area (TPSA) is 47.6 Å². The Kier molecular flexibility index (Phi) is 2.98. The largest absolute Gasteiger partial charge is 0.468 e. The molecule has 2 heterocycles. The lowest BCUT2D eigenvalue weighted by atomic mass is 9.90. The predicted molar refractivity (Wildman–Crippen MR) is 55.5 cm³/mol. The molecule has 3 unspecified atom stereocenters. The van der Waals surface area contributed by atoms with Crippen LogP contribution in [-0.4, -0.2) is 37.9 Å². The minimum absolute atomic E-state index is 0.164. The number of carbonyl (C=O) groups excluding carboxylic acids is 1. The number of hydrogen-bond acceptors (Lipinski definition) is 4. The Morgan fingerprint density at radius 1 is 1.60 bits per heavy atom. The quantitative estimate of drug-likeness (QED) is 0.686. The van der Waals surface area contributed by atoms with E-state index in [4.69, 9.17) is 9.47 Å². The molecule has 0 saturated carbocycles. The van der Waals surface area contributed by atoms with Crippen molar-refractivity contribution in [1.82, 2.24) is 5.32 Å². The van der Waals surface area contributed by atoms with Crippen molar-refractivity contribution < 1.29 is 14.3 Å². The second-order valence-electron chi connectivity index (χ2n) is 4.72. The van der Waals surface area contributed by atoms with Crippen LogP contribution in [0.1, 0.15) is 26.2 Å². The molecular weight excluding hydrogens is 194 g/mol. The van der Waals surface area contributed by atoms with E-state index in [1.165, 1.54) is 7.11 Å². The van der Waals surface area contributed by atoms with Gasteiger partial charge in [0.2, 0.25) is 0 Å². The van der Waals surface area contributed by atoms with Crippen molar-refractivity contribution >= 4 is 5.97 Å². The second kappa shape index (κ2) is 4.10. The highest BCUT2D eigenvalue weighted by Gasteiger charge is 2.45. The number of ether oxygens (including phenoxy) is 2.